The second-order valence-electron chi connectivity index (χ2n) is 2.86. The average molecular weight is 202 g/mol. The van der Waals surface area contributed by atoms with Crippen LogP contribution in [0.5, 0.6) is 0 Å². The van der Waals surface area contributed by atoms with Crippen LogP contribution in [0, 0.1) is 0 Å². The standard InChI is InChI=1S/C8H12ClN3O/c1-11(2)7-5-8(13)12(4-3-9)10-6-7/h5-6H,3-4H2,1-2H3. The second-order valence-corrected chi connectivity index (χ2v) is 3.24. The van der Waals surface area contributed by atoms with Crippen molar-refractivity contribution in [1.29, 1.82) is 0 Å². The number of nitrogens with zero attached hydrogens (tertiary/aromatic N) is 3. The first-order valence-electron chi connectivity index (χ1n) is 3.95. The van der Waals surface area contributed by atoms with Gasteiger partial charge in [0, 0.05) is 26.0 Å². The number of aryl methyl sites for hydroxylation is 1. The normalized spacial score (nSPS) is 10.1. The van der Waals surface area contributed by atoms with E-state index in [0.29, 0.717) is 12.4 Å². The molecule has 0 saturated heterocycles. The van der Waals surface area contributed by atoms with E-state index in [1.54, 1.807) is 12.3 Å². The zero-order valence-electron chi connectivity index (χ0n) is 7.70. The molecular weight excluding hydrogens is 190 g/mol. The summed E-state index contributed by atoms with van der Waals surface area (Å²) in [6, 6.07) is 1.54. The maximum atomic E-state index is 11.3. The lowest BCUT2D eigenvalue weighted by molar-refractivity contribution is 0.619. The van der Waals surface area contributed by atoms with E-state index in [0.717, 1.165) is 5.69 Å². The molecule has 0 aliphatic heterocycles. The summed E-state index contributed by atoms with van der Waals surface area (Å²) in [6.07, 6.45) is 1.65. The molecule has 0 amide bonds. The summed E-state index contributed by atoms with van der Waals surface area (Å²) in [5, 5.41) is 3.97. The van der Waals surface area contributed by atoms with Gasteiger partial charge < -0.3 is 4.90 Å². The average Bonchev–Trinajstić information content (AvgIpc) is 2.08. The number of hydrogen-bond donors (Lipinski definition) is 0. The third-order valence-corrected chi connectivity index (χ3v) is 1.84. The predicted molar refractivity (Wildman–Crippen MR) is 53.5 cm³/mol. The molecule has 0 aliphatic carbocycles. The SMILES string of the molecule is CN(C)c1cnn(CCCl)c(=O)c1. The summed E-state index contributed by atoms with van der Waals surface area (Å²) < 4.78 is 1.35. The molecule has 0 aromatic carbocycles. The fourth-order valence-electron chi connectivity index (χ4n) is 0.917. The summed E-state index contributed by atoms with van der Waals surface area (Å²) in [5.41, 5.74) is 0.683. The highest BCUT2D eigenvalue weighted by Crippen LogP contribution is 2.03. The molecule has 0 aliphatic rings. The lowest BCUT2D eigenvalue weighted by atomic mass is 10.4. The molecule has 0 bridgehead atoms. The second kappa shape index (κ2) is 4.28. The van der Waals surface area contributed by atoms with Crippen molar-refractivity contribution in [1.82, 2.24) is 9.78 Å². The molecule has 0 unspecified atom stereocenters. The van der Waals surface area contributed by atoms with Crippen molar-refractivity contribution in [2.45, 2.75) is 6.54 Å². The zero-order chi connectivity index (χ0) is 9.84. The van der Waals surface area contributed by atoms with Crippen LogP contribution in [0.1, 0.15) is 0 Å². The summed E-state index contributed by atoms with van der Waals surface area (Å²) in [4.78, 5) is 13.2. The van der Waals surface area contributed by atoms with Gasteiger partial charge in [0.2, 0.25) is 0 Å². The van der Waals surface area contributed by atoms with Gasteiger partial charge in [-0.15, -0.1) is 11.6 Å². The van der Waals surface area contributed by atoms with Crippen molar-refractivity contribution in [3.8, 4) is 0 Å². The maximum Gasteiger partial charge on any atom is 0.268 e. The fourth-order valence-corrected chi connectivity index (χ4v) is 1.08. The highest BCUT2D eigenvalue weighted by Gasteiger charge is 2.00. The fraction of sp³-hybridized carbons (Fsp3) is 0.500. The molecule has 5 heteroatoms. The topological polar surface area (TPSA) is 38.1 Å². The van der Waals surface area contributed by atoms with E-state index in [1.165, 1.54) is 4.68 Å². The van der Waals surface area contributed by atoms with Crippen LogP contribution in [0.2, 0.25) is 0 Å². The van der Waals surface area contributed by atoms with Gasteiger partial charge >= 0.3 is 0 Å². The smallest absolute Gasteiger partial charge is 0.268 e. The molecule has 0 N–H and O–H groups in total. The van der Waals surface area contributed by atoms with E-state index in [1.807, 2.05) is 19.0 Å². The van der Waals surface area contributed by atoms with Gasteiger partial charge in [-0.1, -0.05) is 0 Å². The number of hydrogen-bond acceptors (Lipinski definition) is 3. The number of halogens is 1. The number of anilines is 1. The summed E-state index contributed by atoms with van der Waals surface area (Å²) in [6.45, 7) is 0.452. The Morgan fingerprint density at radius 3 is 2.77 bits per heavy atom. The Bertz CT molecular complexity index is 334. The van der Waals surface area contributed by atoms with Crippen LogP contribution in [0.4, 0.5) is 5.69 Å². The van der Waals surface area contributed by atoms with Gasteiger partial charge in [-0.05, 0) is 0 Å². The van der Waals surface area contributed by atoms with Crippen LogP contribution in [-0.2, 0) is 6.54 Å². The van der Waals surface area contributed by atoms with Gasteiger partial charge in [0.15, 0.2) is 0 Å². The third kappa shape index (κ3) is 2.45. The van der Waals surface area contributed by atoms with Crippen LogP contribution in [0.25, 0.3) is 0 Å². The maximum absolute atomic E-state index is 11.3. The number of alkyl halides is 1. The van der Waals surface area contributed by atoms with E-state index < -0.39 is 0 Å². The van der Waals surface area contributed by atoms with Crippen LogP contribution >= 0.6 is 11.6 Å². The van der Waals surface area contributed by atoms with Gasteiger partial charge in [-0.2, -0.15) is 5.10 Å². The van der Waals surface area contributed by atoms with Crippen LogP contribution in [-0.4, -0.2) is 29.8 Å². The van der Waals surface area contributed by atoms with Gasteiger partial charge in [0.25, 0.3) is 5.56 Å². The van der Waals surface area contributed by atoms with Gasteiger partial charge in [0.05, 0.1) is 18.4 Å². The first-order chi connectivity index (χ1) is 6.15. The molecule has 0 radical (unpaired) electrons. The molecule has 1 aromatic heterocycles. The minimum atomic E-state index is -0.119. The summed E-state index contributed by atoms with van der Waals surface area (Å²) in [7, 11) is 3.73. The Hall–Kier alpha value is -1.03. The third-order valence-electron chi connectivity index (χ3n) is 1.67. The lowest BCUT2D eigenvalue weighted by Crippen LogP contribution is -2.24. The highest BCUT2D eigenvalue weighted by molar-refractivity contribution is 6.17. The van der Waals surface area contributed by atoms with E-state index >= 15 is 0 Å². The molecule has 0 saturated carbocycles. The van der Waals surface area contributed by atoms with Crippen LogP contribution < -0.4 is 10.5 Å². The molecule has 0 fully saturated rings. The number of rotatable bonds is 3. The van der Waals surface area contributed by atoms with Crippen molar-refractivity contribution >= 4 is 17.3 Å². The molecule has 1 aromatic rings. The zero-order valence-corrected chi connectivity index (χ0v) is 8.45. The molecular formula is C8H12ClN3O. The van der Waals surface area contributed by atoms with Crippen LogP contribution in [0.15, 0.2) is 17.1 Å². The summed E-state index contributed by atoms with van der Waals surface area (Å²) in [5.74, 6) is 0.397. The molecule has 1 heterocycles. The minimum Gasteiger partial charge on any atom is -0.376 e. The van der Waals surface area contributed by atoms with Crippen molar-refractivity contribution in [2.75, 3.05) is 24.9 Å². The quantitative estimate of drug-likeness (QED) is 0.671. The largest absolute Gasteiger partial charge is 0.376 e. The van der Waals surface area contributed by atoms with Gasteiger partial charge in [-0.3, -0.25) is 4.79 Å². The first kappa shape index (κ1) is 10.1. The van der Waals surface area contributed by atoms with E-state index in [2.05, 4.69) is 5.10 Å². The van der Waals surface area contributed by atoms with Crippen molar-refractivity contribution in [3.05, 3.63) is 22.6 Å². The Morgan fingerprint density at radius 1 is 1.62 bits per heavy atom. The Labute approximate surface area is 81.7 Å². The Morgan fingerprint density at radius 2 is 2.31 bits per heavy atom. The molecule has 13 heavy (non-hydrogen) atoms. The molecule has 0 atom stereocenters. The first-order valence-corrected chi connectivity index (χ1v) is 4.49. The summed E-state index contributed by atoms with van der Waals surface area (Å²) >= 11 is 5.50. The van der Waals surface area contributed by atoms with Gasteiger partial charge in [-0.25, -0.2) is 4.68 Å². The minimum absolute atomic E-state index is 0.119. The van der Waals surface area contributed by atoms with Crippen molar-refractivity contribution in [3.63, 3.8) is 0 Å². The molecule has 72 valence electrons. The highest BCUT2D eigenvalue weighted by atomic mass is 35.5. The van der Waals surface area contributed by atoms with Gasteiger partial charge in [0.1, 0.15) is 0 Å². The Balaban J connectivity index is 2.99. The van der Waals surface area contributed by atoms with E-state index in [4.69, 9.17) is 11.6 Å². The Kier molecular flexibility index (Phi) is 3.31. The molecule has 1 rings (SSSR count). The van der Waals surface area contributed by atoms with Crippen LogP contribution in [0.3, 0.4) is 0 Å². The number of aromatic nitrogens is 2. The van der Waals surface area contributed by atoms with Crippen molar-refractivity contribution in [2.24, 2.45) is 0 Å². The van der Waals surface area contributed by atoms with E-state index in [-0.39, 0.29) is 5.56 Å². The van der Waals surface area contributed by atoms with E-state index in [9.17, 15) is 4.79 Å². The van der Waals surface area contributed by atoms with Crippen molar-refractivity contribution < 1.29 is 0 Å². The monoisotopic (exact) mass is 201 g/mol. The molecule has 4 nitrogen and oxygen atoms in total. The molecule has 0 spiro atoms. The lowest BCUT2D eigenvalue weighted by Gasteiger charge is -2.11. The predicted octanol–water partition coefficient (Wildman–Crippen LogP) is 0.548.